The van der Waals surface area contributed by atoms with E-state index in [0.717, 1.165) is 5.56 Å². The highest BCUT2D eigenvalue weighted by Crippen LogP contribution is 2.35. The molecule has 7 nitrogen and oxygen atoms in total. The Balaban J connectivity index is 1.41. The number of hydrogen-bond donors (Lipinski definition) is 1. The number of carbonyl (C=O) groups is 2. The van der Waals surface area contributed by atoms with Gasteiger partial charge in [0.1, 0.15) is 11.9 Å². The third-order valence-electron chi connectivity index (χ3n) is 5.70. The van der Waals surface area contributed by atoms with Gasteiger partial charge in [0.25, 0.3) is 5.91 Å². The molecule has 0 aliphatic carbocycles. The van der Waals surface area contributed by atoms with Gasteiger partial charge < -0.3 is 19.7 Å². The number of rotatable bonds is 6. The van der Waals surface area contributed by atoms with E-state index in [0.29, 0.717) is 27.9 Å². The summed E-state index contributed by atoms with van der Waals surface area (Å²) in [6.45, 7) is 0.426. The molecule has 2 heterocycles. The van der Waals surface area contributed by atoms with E-state index >= 15 is 0 Å². The fourth-order valence-electron chi connectivity index (χ4n) is 4.00. The zero-order valence-corrected chi connectivity index (χ0v) is 19.8. The topological polar surface area (TPSA) is 71.1 Å². The minimum atomic E-state index is -0.843. The van der Waals surface area contributed by atoms with Gasteiger partial charge >= 0.3 is 0 Å². The van der Waals surface area contributed by atoms with Gasteiger partial charge in [-0.15, -0.1) is 0 Å². The number of carbonyl (C=O) groups excluding carboxylic acids is 2. The number of fused-ring (bicyclic) bond motifs is 1. The number of halogens is 2. The first-order valence-corrected chi connectivity index (χ1v) is 11.5. The molecule has 3 aromatic rings. The Morgan fingerprint density at radius 3 is 2.51 bits per heavy atom. The van der Waals surface area contributed by atoms with Crippen LogP contribution in [0.3, 0.4) is 0 Å². The SMILES string of the molecule is O=C(CC1C(=O)N(c2ccc(Cl)cc2)C(=S)N1Cc1ccc2c(c1)OCO2)Nc1ccc(F)cc1. The number of ether oxygens (including phenoxy) is 2. The van der Waals surface area contributed by atoms with Crippen LogP contribution in [-0.2, 0) is 16.1 Å². The maximum atomic E-state index is 13.5. The number of amides is 2. The van der Waals surface area contributed by atoms with Crippen molar-refractivity contribution >= 4 is 52.1 Å². The first-order valence-electron chi connectivity index (χ1n) is 10.7. The van der Waals surface area contributed by atoms with E-state index in [4.69, 9.17) is 33.3 Å². The normalized spacial score (nSPS) is 16.7. The summed E-state index contributed by atoms with van der Waals surface area (Å²) >= 11 is 11.7. The summed E-state index contributed by atoms with van der Waals surface area (Å²) in [6, 6.07) is 16.8. The Labute approximate surface area is 211 Å². The molecule has 1 saturated heterocycles. The highest BCUT2D eigenvalue weighted by Gasteiger charge is 2.44. The van der Waals surface area contributed by atoms with Crippen molar-refractivity contribution in [2.24, 2.45) is 0 Å². The summed E-state index contributed by atoms with van der Waals surface area (Å²) in [5.41, 5.74) is 1.83. The highest BCUT2D eigenvalue weighted by atomic mass is 35.5. The second kappa shape index (κ2) is 9.52. The lowest BCUT2D eigenvalue weighted by atomic mass is 10.1. The zero-order chi connectivity index (χ0) is 24.5. The molecule has 2 aliphatic heterocycles. The third kappa shape index (κ3) is 4.78. The Bertz CT molecular complexity index is 1300. The van der Waals surface area contributed by atoms with E-state index < -0.39 is 17.8 Å². The largest absolute Gasteiger partial charge is 0.454 e. The van der Waals surface area contributed by atoms with Crippen molar-refractivity contribution in [3.63, 3.8) is 0 Å². The molecular weight excluding hydrogens is 493 g/mol. The fraction of sp³-hybridized carbons (Fsp3) is 0.160. The van der Waals surface area contributed by atoms with Crippen molar-refractivity contribution in [3.8, 4) is 11.5 Å². The van der Waals surface area contributed by atoms with Gasteiger partial charge in [0.2, 0.25) is 12.7 Å². The number of benzene rings is 3. The van der Waals surface area contributed by atoms with Crippen LogP contribution in [0, 0.1) is 5.82 Å². The van der Waals surface area contributed by atoms with Crippen LogP contribution in [0.4, 0.5) is 15.8 Å². The van der Waals surface area contributed by atoms with Gasteiger partial charge in [-0.3, -0.25) is 14.5 Å². The lowest BCUT2D eigenvalue weighted by Crippen LogP contribution is -2.37. The number of nitrogens with zero attached hydrogens (tertiary/aromatic N) is 2. The number of hydrogen-bond acceptors (Lipinski definition) is 5. The third-order valence-corrected chi connectivity index (χ3v) is 6.37. The molecule has 1 unspecified atom stereocenters. The average molecular weight is 512 g/mol. The molecule has 2 amide bonds. The quantitative estimate of drug-likeness (QED) is 0.482. The molecule has 1 atom stereocenters. The van der Waals surface area contributed by atoms with Gasteiger partial charge in [-0.05, 0) is 78.4 Å². The van der Waals surface area contributed by atoms with E-state index in [1.165, 1.54) is 29.2 Å². The Morgan fingerprint density at radius 2 is 1.77 bits per heavy atom. The minimum absolute atomic E-state index is 0.148. The molecule has 0 spiro atoms. The van der Waals surface area contributed by atoms with Crippen LogP contribution in [-0.4, -0.2) is 34.7 Å². The monoisotopic (exact) mass is 511 g/mol. The van der Waals surface area contributed by atoms with Crippen LogP contribution in [0.2, 0.25) is 5.02 Å². The van der Waals surface area contributed by atoms with E-state index in [-0.39, 0.29) is 30.8 Å². The first-order chi connectivity index (χ1) is 16.9. The molecule has 178 valence electrons. The number of nitrogens with one attached hydrogen (secondary N) is 1. The van der Waals surface area contributed by atoms with Crippen molar-refractivity contribution in [2.45, 2.75) is 19.0 Å². The molecule has 3 aromatic carbocycles. The summed E-state index contributed by atoms with van der Waals surface area (Å²) in [7, 11) is 0. The summed E-state index contributed by atoms with van der Waals surface area (Å²) in [5.74, 6) is 0.123. The van der Waals surface area contributed by atoms with Gasteiger partial charge in [0.15, 0.2) is 16.6 Å². The van der Waals surface area contributed by atoms with Gasteiger partial charge in [-0.25, -0.2) is 4.39 Å². The Morgan fingerprint density at radius 1 is 1.06 bits per heavy atom. The molecule has 35 heavy (non-hydrogen) atoms. The second-order valence-corrected chi connectivity index (χ2v) is 8.82. The van der Waals surface area contributed by atoms with Crippen LogP contribution in [0.25, 0.3) is 0 Å². The lowest BCUT2D eigenvalue weighted by molar-refractivity contribution is -0.124. The molecule has 1 N–H and O–H groups in total. The zero-order valence-electron chi connectivity index (χ0n) is 18.2. The van der Waals surface area contributed by atoms with Crippen molar-refractivity contribution in [2.75, 3.05) is 17.0 Å². The molecule has 0 aromatic heterocycles. The lowest BCUT2D eigenvalue weighted by Gasteiger charge is -2.24. The van der Waals surface area contributed by atoms with Crippen molar-refractivity contribution < 1.29 is 23.5 Å². The summed E-state index contributed by atoms with van der Waals surface area (Å²) in [5, 5.41) is 3.51. The molecule has 0 saturated carbocycles. The average Bonchev–Trinajstić information content (AvgIpc) is 3.39. The van der Waals surface area contributed by atoms with Crippen molar-refractivity contribution in [3.05, 3.63) is 83.1 Å². The van der Waals surface area contributed by atoms with Gasteiger partial charge in [0, 0.05) is 17.3 Å². The predicted molar refractivity (Wildman–Crippen MR) is 133 cm³/mol. The summed E-state index contributed by atoms with van der Waals surface area (Å²) in [6.07, 6.45) is -0.148. The van der Waals surface area contributed by atoms with Crippen molar-refractivity contribution in [1.29, 1.82) is 0 Å². The molecule has 2 aliphatic rings. The maximum Gasteiger partial charge on any atom is 0.256 e. The van der Waals surface area contributed by atoms with E-state index in [1.807, 2.05) is 12.1 Å². The van der Waals surface area contributed by atoms with E-state index in [9.17, 15) is 14.0 Å². The standard InChI is InChI=1S/C25H19ClFN3O4S/c26-16-2-8-19(9-3-16)30-24(32)20(12-23(31)28-18-6-4-17(27)5-7-18)29(25(30)35)13-15-1-10-21-22(11-15)34-14-33-21/h1-11,20H,12-14H2,(H,28,31). The molecular formula is C25H19ClFN3O4S. The summed E-state index contributed by atoms with van der Waals surface area (Å²) < 4.78 is 24.0. The van der Waals surface area contributed by atoms with Gasteiger partial charge in [0.05, 0.1) is 12.1 Å². The van der Waals surface area contributed by atoms with Crippen LogP contribution in [0.15, 0.2) is 66.7 Å². The Hall–Kier alpha value is -3.69. The highest BCUT2D eigenvalue weighted by molar-refractivity contribution is 7.80. The minimum Gasteiger partial charge on any atom is -0.454 e. The van der Waals surface area contributed by atoms with Crippen LogP contribution in [0.1, 0.15) is 12.0 Å². The molecule has 0 radical (unpaired) electrons. The maximum absolute atomic E-state index is 13.5. The molecule has 0 bridgehead atoms. The van der Waals surface area contributed by atoms with Gasteiger partial charge in [-0.2, -0.15) is 0 Å². The molecule has 5 rings (SSSR count). The second-order valence-electron chi connectivity index (χ2n) is 8.02. The Kier molecular flexibility index (Phi) is 6.27. The van der Waals surface area contributed by atoms with Crippen LogP contribution in [0.5, 0.6) is 11.5 Å². The number of anilines is 2. The van der Waals surface area contributed by atoms with Crippen LogP contribution < -0.4 is 19.7 Å². The first kappa shape index (κ1) is 23.1. The van der Waals surface area contributed by atoms with Gasteiger partial charge in [-0.1, -0.05) is 17.7 Å². The summed E-state index contributed by atoms with van der Waals surface area (Å²) in [4.78, 5) is 29.5. The smallest absolute Gasteiger partial charge is 0.256 e. The van der Waals surface area contributed by atoms with Crippen LogP contribution >= 0.6 is 23.8 Å². The van der Waals surface area contributed by atoms with E-state index in [2.05, 4.69) is 5.32 Å². The number of thiocarbonyl (C=S) groups is 1. The fourth-order valence-corrected chi connectivity index (χ4v) is 4.51. The van der Waals surface area contributed by atoms with E-state index in [1.54, 1.807) is 35.2 Å². The molecule has 10 heteroatoms. The predicted octanol–water partition coefficient (Wildman–Crippen LogP) is 4.74. The van der Waals surface area contributed by atoms with Crippen molar-refractivity contribution in [1.82, 2.24) is 4.90 Å². The molecule has 1 fully saturated rings.